The number of benzene rings is 3. The number of nitrogens with zero attached hydrogens (tertiary/aromatic N) is 2. The van der Waals surface area contributed by atoms with Crippen molar-refractivity contribution in [3.05, 3.63) is 95.7 Å². The van der Waals surface area contributed by atoms with Crippen molar-refractivity contribution in [3.8, 4) is 5.75 Å². The SMILES string of the molecule is CCSc1nsc(NC(=O)C(C)Sc2cccc(NC(=O)/C(=C\c3ccccc3OC)NC(=O)c3ccccc3)c2)n1. The number of rotatable bonds is 12. The smallest absolute Gasteiger partial charge is 0.272 e. The fourth-order valence-corrected chi connectivity index (χ4v) is 5.84. The van der Waals surface area contributed by atoms with Crippen molar-refractivity contribution in [2.75, 3.05) is 23.5 Å². The monoisotopic (exact) mass is 619 g/mol. The third kappa shape index (κ3) is 8.68. The third-order valence-electron chi connectivity index (χ3n) is 5.65. The zero-order valence-electron chi connectivity index (χ0n) is 23.1. The summed E-state index contributed by atoms with van der Waals surface area (Å²) in [4.78, 5) is 44.2. The van der Waals surface area contributed by atoms with Gasteiger partial charge in [-0.05, 0) is 55.2 Å². The molecule has 0 bridgehead atoms. The lowest BCUT2D eigenvalue weighted by molar-refractivity contribution is -0.115. The topological polar surface area (TPSA) is 122 Å². The van der Waals surface area contributed by atoms with Crippen LogP contribution in [0.1, 0.15) is 29.8 Å². The number of para-hydroxylation sites is 1. The van der Waals surface area contributed by atoms with Crippen molar-refractivity contribution in [1.82, 2.24) is 14.7 Å². The molecule has 3 N–H and O–H groups in total. The highest BCUT2D eigenvalue weighted by molar-refractivity contribution is 8.00. The largest absolute Gasteiger partial charge is 0.496 e. The van der Waals surface area contributed by atoms with Gasteiger partial charge < -0.3 is 15.4 Å². The average molecular weight is 620 g/mol. The van der Waals surface area contributed by atoms with Crippen LogP contribution in [-0.4, -0.2) is 45.2 Å². The Labute approximate surface area is 256 Å². The first kappa shape index (κ1) is 30.8. The Bertz CT molecular complexity index is 1580. The normalized spacial score (nSPS) is 11.8. The molecule has 42 heavy (non-hydrogen) atoms. The number of aromatic nitrogens is 2. The van der Waals surface area contributed by atoms with Crippen molar-refractivity contribution in [2.45, 2.75) is 29.1 Å². The van der Waals surface area contributed by atoms with E-state index in [2.05, 4.69) is 25.3 Å². The molecule has 216 valence electrons. The van der Waals surface area contributed by atoms with Crippen LogP contribution in [0.4, 0.5) is 10.8 Å². The van der Waals surface area contributed by atoms with Gasteiger partial charge in [-0.25, -0.2) is 0 Å². The number of nitrogens with one attached hydrogen (secondary N) is 3. The predicted octanol–water partition coefficient (Wildman–Crippen LogP) is 6.19. The first-order chi connectivity index (χ1) is 20.4. The minimum atomic E-state index is -0.518. The van der Waals surface area contributed by atoms with Crippen LogP contribution in [0, 0.1) is 0 Å². The Morgan fingerprint density at radius 1 is 1.00 bits per heavy atom. The first-order valence-corrected chi connectivity index (χ1v) is 15.6. The van der Waals surface area contributed by atoms with Crippen molar-refractivity contribution in [2.24, 2.45) is 0 Å². The van der Waals surface area contributed by atoms with Crippen molar-refractivity contribution < 1.29 is 19.1 Å². The van der Waals surface area contributed by atoms with E-state index in [4.69, 9.17) is 4.74 Å². The number of hydrogen-bond acceptors (Lipinski definition) is 9. The van der Waals surface area contributed by atoms with Gasteiger partial charge >= 0.3 is 0 Å². The molecule has 0 fully saturated rings. The van der Waals surface area contributed by atoms with E-state index >= 15 is 0 Å². The molecule has 4 aromatic rings. The maximum absolute atomic E-state index is 13.5. The van der Waals surface area contributed by atoms with Crippen LogP contribution in [-0.2, 0) is 9.59 Å². The molecule has 0 aliphatic carbocycles. The molecule has 0 aliphatic rings. The molecule has 0 spiro atoms. The molecule has 0 aliphatic heterocycles. The van der Waals surface area contributed by atoms with Crippen LogP contribution >= 0.6 is 35.1 Å². The van der Waals surface area contributed by atoms with E-state index in [9.17, 15) is 14.4 Å². The Balaban J connectivity index is 1.48. The Hall–Kier alpha value is -4.13. The highest BCUT2D eigenvalue weighted by Crippen LogP contribution is 2.28. The van der Waals surface area contributed by atoms with E-state index < -0.39 is 17.1 Å². The minimum Gasteiger partial charge on any atom is -0.496 e. The summed E-state index contributed by atoms with van der Waals surface area (Å²) in [6, 6.07) is 23.0. The predicted molar refractivity (Wildman–Crippen MR) is 170 cm³/mol. The van der Waals surface area contributed by atoms with Crippen LogP contribution in [0.15, 0.2) is 94.6 Å². The number of ether oxygens (including phenoxy) is 1. The van der Waals surface area contributed by atoms with Gasteiger partial charge in [-0.2, -0.15) is 9.36 Å². The Morgan fingerprint density at radius 2 is 1.76 bits per heavy atom. The fraction of sp³-hybridized carbons (Fsp3) is 0.167. The quantitative estimate of drug-likeness (QED) is 0.127. The molecule has 0 radical (unpaired) electrons. The number of carbonyl (C=O) groups excluding carboxylic acids is 3. The molecule has 12 heteroatoms. The summed E-state index contributed by atoms with van der Waals surface area (Å²) in [5, 5.41) is 9.06. The van der Waals surface area contributed by atoms with E-state index in [1.54, 1.807) is 67.6 Å². The lowest BCUT2D eigenvalue weighted by atomic mass is 10.1. The molecule has 1 atom stereocenters. The maximum Gasteiger partial charge on any atom is 0.272 e. The van der Waals surface area contributed by atoms with Crippen LogP contribution in [0.3, 0.4) is 0 Å². The standard InChI is InChI=1S/C30H29N5O4S3/c1-4-40-30-34-29(42-35-30)33-26(36)19(2)41-23-15-10-14-22(18-23)31-28(38)24(17-21-13-8-9-16-25(21)39-3)32-27(37)20-11-6-5-7-12-20/h5-19H,4H2,1-3H3,(H,31,38)(H,32,37)(H,33,34,35,36)/b24-17+. The summed E-state index contributed by atoms with van der Waals surface area (Å²) in [5.41, 5.74) is 1.58. The second kappa shape index (κ2) is 15.2. The number of thioether (sulfide) groups is 2. The first-order valence-electron chi connectivity index (χ1n) is 12.9. The maximum atomic E-state index is 13.5. The highest BCUT2D eigenvalue weighted by Gasteiger charge is 2.19. The van der Waals surface area contributed by atoms with Crippen LogP contribution in [0.5, 0.6) is 5.75 Å². The van der Waals surface area contributed by atoms with Gasteiger partial charge in [0.25, 0.3) is 11.8 Å². The Kier molecular flexibility index (Phi) is 11.2. The molecule has 1 unspecified atom stereocenters. The van der Waals surface area contributed by atoms with Gasteiger partial charge in [0, 0.05) is 33.2 Å². The lowest BCUT2D eigenvalue weighted by Crippen LogP contribution is -2.30. The molecule has 1 aromatic heterocycles. The van der Waals surface area contributed by atoms with E-state index in [1.807, 2.05) is 31.2 Å². The summed E-state index contributed by atoms with van der Waals surface area (Å²) < 4.78 is 9.64. The van der Waals surface area contributed by atoms with E-state index in [0.717, 1.165) is 22.2 Å². The number of anilines is 2. The summed E-state index contributed by atoms with van der Waals surface area (Å²) in [6.07, 6.45) is 1.57. The summed E-state index contributed by atoms with van der Waals surface area (Å²) in [5.74, 6) is 0.253. The third-order valence-corrected chi connectivity index (χ3v) is 8.22. The molecule has 1 heterocycles. The molecule has 3 aromatic carbocycles. The molecule has 3 amide bonds. The van der Waals surface area contributed by atoms with Crippen molar-refractivity contribution >= 4 is 69.7 Å². The number of hydrogen-bond donors (Lipinski definition) is 3. The van der Waals surface area contributed by atoms with E-state index in [1.165, 1.54) is 30.6 Å². The van der Waals surface area contributed by atoms with Gasteiger partial charge in [-0.15, -0.1) is 11.8 Å². The Morgan fingerprint density at radius 3 is 2.52 bits per heavy atom. The van der Waals surface area contributed by atoms with E-state index in [0.29, 0.717) is 32.9 Å². The minimum absolute atomic E-state index is 0.0387. The molecular formula is C30H29N5O4S3. The van der Waals surface area contributed by atoms with Gasteiger partial charge in [0.2, 0.25) is 16.2 Å². The number of amides is 3. The van der Waals surface area contributed by atoms with Crippen molar-refractivity contribution in [1.29, 1.82) is 0 Å². The molecular weight excluding hydrogens is 591 g/mol. The van der Waals surface area contributed by atoms with Gasteiger partial charge in [-0.1, -0.05) is 61.2 Å². The molecule has 9 nitrogen and oxygen atoms in total. The highest BCUT2D eigenvalue weighted by atomic mass is 32.2. The summed E-state index contributed by atoms with van der Waals surface area (Å²) in [6.45, 7) is 3.80. The molecule has 0 saturated carbocycles. The van der Waals surface area contributed by atoms with Gasteiger partial charge in [0.1, 0.15) is 11.4 Å². The second-order valence-corrected chi connectivity index (χ2v) is 12.1. The van der Waals surface area contributed by atoms with Gasteiger partial charge in [-0.3, -0.25) is 19.7 Å². The summed E-state index contributed by atoms with van der Waals surface area (Å²) in [7, 11) is 1.54. The fourth-order valence-electron chi connectivity index (χ4n) is 3.64. The van der Waals surface area contributed by atoms with Gasteiger partial charge in [0.15, 0.2) is 0 Å². The molecule has 0 saturated heterocycles. The molecule has 4 rings (SSSR count). The zero-order valence-corrected chi connectivity index (χ0v) is 25.6. The van der Waals surface area contributed by atoms with E-state index in [-0.39, 0.29) is 11.6 Å². The van der Waals surface area contributed by atoms with Crippen LogP contribution in [0.25, 0.3) is 6.08 Å². The summed E-state index contributed by atoms with van der Waals surface area (Å²) >= 11 is 4.00. The number of methoxy groups -OCH3 is 1. The lowest BCUT2D eigenvalue weighted by Gasteiger charge is -2.14. The average Bonchev–Trinajstić information content (AvgIpc) is 3.44. The van der Waals surface area contributed by atoms with Crippen LogP contribution < -0.4 is 20.7 Å². The van der Waals surface area contributed by atoms with Crippen LogP contribution in [0.2, 0.25) is 0 Å². The second-order valence-electron chi connectivity index (χ2n) is 8.67. The van der Waals surface area contributed by atoms with Gasteiger partial charge in [0.05, 0.1) is 12.4 Å². The van der Waals surface area contributed by atoms with Crippen molar-refractivity contribution in [3.63, 3.8) is 0 Å². The zero-order chi connectivity index (χ0) is 29.9. The number of carbonyl (C=O) groups is 3.